The van der Waals surface area contributed by atoms with Gasteiger partial charge in [-0.1, -0.05) is 20.3 Å². The van der Waals surface area contributed by atoms with E-state index in [0.29, 0.717) is 23.1 Å². The fourth-order valence-electron chi connectivity index (χ4n) is 2.05. The second-order valence-corrected chi connectivity index (χ2v) is 4.94. The molecule has 0 aliphatic rings. The normalized spacial score (nSPS) is 12.0. The highest BCUT2D eigenvalue weighted by atomic mass is 16.5. The summed E-state index contributed by atoms with van der Waals surface area (Å²) in [5.74, 6) is 0.262. The summed E-state index contributed by atoms with van der Waals surface area (Å²) in [5.41, 5.74) is 6.64. The maximum atomic E-state index is 11.9. The van der Waals surface area contributed by atoms with E-state index in [9.17, 15) is 4.79 Å². The number of anilines is 2. The van der Waals surface area contributed by atoms with Crippen molar-refractivity contribution in [2.75, 3.05) is 24.3 Å². The first kappa shape index (κ1) is 16.3. The van der Waals surface area contributed by atoms with Crippen LogP contribution in [0.3, 0.4) is 0 Å². The first-order valence-corrected chi connectivity index (χ1v) is 7.15. The Morgan fingerprint density at radius 2 is 2.20 bits per heavy atom. The molecule has 1 aromatic heterocycles. The van der Waals surface area contributed by atoms with Crippen LogP contribution in [0.2, 0.25) is 0 Å². The number of methoxy groups -OCH3 is 1. The Hall–Kier alpha value is -1.78. The first-order valence-electron chi connectivity index (χ1n) is 7.15. The van der Waals surface area contributed by atoms with Crippen LogP contribution >= 0.6 is 0 Å². The molecule has 0 saturated heterocycles. The Balaban J connectivity index is 3.20. The quantitative estimate of drug-likeness (QED) is 0.777. The predicted octanol–water partition coefficient (Wildman–Crippen LogP) is 2.86. The molecule has 0 bridgehead atoms. The number of aromatic nitrogens is 1. The van der Waals surface area contributed by atoms with E-state index in [1.54, 1.807) is 12.3 Å². The molecule has 1 unspecified atom stereocenters. The zero-order valence-electron chi connectivity index (χ0n) is 12.8. The summed E-state index contributed by atoms with van der Waals surface area (Å²) in [5, 5.41) is 0. The summed E-state index contributed by atoms with van der Waals surface area (Å²) in [7, 11) is 1.37. The number of rotatable bonds is 7. The molecule has 112 valence electrons. The number of carbonyl (C=O) groups is 1. The molecule has 0 spiro atoms. The van der Waals surface area contributed by atoms with E-state index in [-0.39, 0.29) is 0 Å². The number of carbonyl (C=O) groups excluding carboxylic acids is 1. The van der Waals surface area contributed by atoms with Gasteiger partial charge in [-0.25, -0.2) is 9.78 Å². The van der Waals surface area contributed by atoms with E-state index >= 15 is 0 Å². The van der Waals surface area contributed by atoms with Gasteiger partial charge in [0.2, 0.25) is 0 Å². The molecular formula is C15H25N3O2. The van der Waals surface area contributed by atoms with Crippen LogP contribution in [0.25, 0.3) is 0 Å². The minimum Gasteiger partial charge on any atom is -0.465 e. The maximum absolute atomic E-state index is 11.9. The lowest BCUT2D eigenvalue weighted by molar-refractivity contribution is 0.0601. The van der Waals surface area contributed by atoms with Gasteiger partial charge in [0.1, 0.15) is 11.4 Å². The third-order valence-electron chi connectivity index (χ3n) is 3.44. The van der Waals surface area contributed by atoms with Crippen molar-refractivity contribution in [3.8, 4) is 0 Å². The molecule has 1 aromatic rings. The lowest BCUT2D eigenvalue weighted by Gasteiger charge is -2.31. The third-order valence-corrected chi connectivity index (χ3v) is 3.44. The summed E-state index contributed by atoms with van der Waals surface area (Å²) < 4.78 is 4.84. The van der Waals surface area contributed by atoms with Gasteiger partial charge >= 0.3 is 5.97 Å². The Bertz CT molecular complexity index is 449. The van der Waals surface area contributed by atoms with Crippen molar-refractivity contribution >= 4 is 17.5 Å². The molecule has 1 rings (SSSR count). The van der Waals surface area contributed by atoms with Crippen LogP contribution in [0.5, 0.6) is 0 Å². The minimum atomic E-state index is -0.399. The monoisotopic (exact) mass is 279 g/mol. The number of ether oxygens (including phenoxy) is 1. The van der Waals surface area contributed by atoms with E-state index in [0.717, 1.165) is 25.8 Å². The van der Waals surface area contributed by atoms with Crippen molar-refractivity contribution in [1.82, 2.24) is 4.98 Å². The fraction of sp³-hybridized carbons (Fsp3) is 0.600. The smallest absolute Gasteiger partial charge is 0.341 e. The molecule has 5 heteroatoms. The van der Waals surface area contributed by atoms with Gasteiger partial charge in [0, 0.05) is 12.6 Å². The summed E-state index contributed by atoms with van der Waals surface area (Å²) in [6, 6.07) is 1.94. The predicted molar refractivity (Wildman–Crippen MR) is 82.0 cm³/mol. The van der Waals surface area contributed by atoms with Crippen LogP contribution in [0.15, 0.2) is 12.3 Å². The van der Waals surface area contributed by atoms with Gasteiger partial charge in [-0.2, -0.15) is 0 Å². The molecule has 0 amide bonds. The van der Waals surface area contributed by atoms with Gasteiger partial charge in [-0.3, -0.25) is 0 Å². The van der Waals surface area contributed by atoms with Crippen LogP contribution in [0, 0.1) is 0 Å². The second-order valence-electron chi connectivity index (χ2n) is 4.94. The minimum absolute atomic E-state index is 0.307. The third kappa shape index (κ3) is 3.85. The molecule has 0 fully saturated rings. The van der Waals surface area contributed by atoms with Crippen LogP contribution in [-0.2, 0) is 4.74 Å². The molecule has 20 heavy (non-hydrogen) atoms. The lowest BCUT2D eigenvalue weighted by Crippen LogP contribution is -2.35. The summed E-state index contributed by atoms with van der Waals surface area (Å²) in [6.45, 7) is 7.27. The number of pyridine rings is 1. The summed E-state index contributed by atoms with van der Waals surface area (Å²) in [4.78, 5) is 18.5. The van der Waals surface area contributed by atoms with Crippen LogP contribution in [-0.4, -0.2) is 30.6 Å². The van der Waals surface area contributed by atoms with E-state index < -0.39 is 5.97 Å². The van der Waals surface area contributed by atoms with E-state index in [1.807, 2.05) is 0 Å². The largest absolute Gasteiger partial charge is 0.465 e. The van der Waals surface area contributed by atoms with Crippen LogP contribution in [0.1, 0.15) is 50.4 Å². The Labute approximate surface area is 121 Å². The molecule has 2 N–H and O–H groups in total. The van der Waals surface area contributed by atoms with Gasteiger partial charge in [0.25, 0.3) is 0 Å². The van der Waals surface area contributed by atoms with Crippen LogP contribution < -0.4 is 10.6 Å². The average Bonchev–Trinajstić information content (AvgIpc) is 2.47. The molecule has 5 nitrogen and oxygen atoms in total. The molecule has 0 aliphatic heterocycles. The van der Waals surface area contributed by atoms with Gasteiger partial charge in [-0.05, 0) is 25.8 Å². The average molecular weight is 279 g/mol. The Morgan fingerprint density at radius 1 is 1.50 bits per heavy atom. The Morgan fingerprint density at radius 3 is 2.75 bits per heavy atom. The van der Waals surface area contributed by atoms with Crippen molar-refractivity contribution in [3.63, 3.8) is 0 Å². The highest BCUT2D eigenvalue weighted by Gasteiger charge is 2.22. The topological polar surface area (TPSA) is 68.5 Å². The number of hydrogen-bond donors (Lipinski definition) is 1. The van der Waals surface area contributed by atoms with Crippen molar-refractivity contribution < 1.29 is 9.53 Å². The first-order chi connectivity index (χ1) is 9.54. The van der Waals surface area contributed by atoms with E-state index in [2.05, 4.69) is 30.7 Å². The molecule has 0 aromatic carbocycles. The molecule has 0 saturated carbocycles. The van der Waals surface area contributed by atoms with Gasteiger partial charge < -0.3 is 15.4 Å². The van der Waals surface area contributed by atoms with Crippen molar-refractivity contribution in [1.29, 1.82) is 0 Å². The summed E-state index contributed by atoms with van der Waals surface area (Å²) in [6.07, 6.45) is 4.71. The number of esters is 1. The number of hydrogen-bond acceptors (Lipinski definition) is 5. The summed E-state index contributed by atoms with van der Waals surface area (Å²) >= 11 is 0. The molecule has 0 radical (unpaired) electrons. The fourth-order valence-corrected chi connectivity index (χ4v) is 2.05. The van der Waals surface area contributed by atoms with E-state index in [4.69, 9.17) is 10.5 Å². The van der Waals surface area contributed by atoms with Gasteiger partial charge in [-0.15, -0.1) is 0 Å². The molecular weight excluding hydrogens is 254 g/mol. The Kier molecular flexibility index (Phi) is 6.28. The van der Waals surface area contributed by atoms with E-state index in [1.165, 1.54) is 7.11 Å². The number of nitrogens with zero attached hydrogens (tertiary/aromatic N) is 2. The molecule has 1 heterocycles. The zero-order valence-corrected chi connectivity index (χ0v) is 12.8. The van der Waals surface area contributed by atoms with Crippen LogP contribution in [0.4, 0.5) is 11.5 Å². The number of unbranched alkanes of at least 4 members (excludes halogenated alkanes) is 1. The van der Waals surface area contributed by atoms with Crippen molar-refractivity contribution in [2.24, 2.45) is 0 Å². The highest BCUT2D eigenvalue weighted by molar-refractivity contribution is 5.95. The van der Waals surface area contributed by atoms with Gasteiger partial charge in [0.05, 0.1) is 19.0 Å². The number of nitrogen functional groups attached to an aromatic ring is 1. The molecule has 1 atom stereocenters. The highest BCUT2D eigenvalue weighted by Crippen LogP contribution is 2.24. The van der Waals surface area contributed by atoms with Gasteiger partial charge in [0.15, 0.2) is 0 Å². The lowest BCUT2D eigenvalue weighted by atomic mass is 10.1. The SMILES string of the molecule is CCCCN(c1ncc(N)cc1C(=O)OC)C(C)CC. The molecule has 0 aliphatic carbocycles. The standard InChI is InChI=1S/C15H25N3O2/c1-5-7-8-18(11(3)6-2)14-13(15(19)20-4)9-12(16)10-17-14/h9-11H,5-8,16H2,1-4H3. The van der Waals surface area contributed by atoms with Crippen molar-refractivity contribution in [3.05, 3.63) is 17.8 Å². The zero-order chi connectivity index (χ0) is 15.1. The second kappa shape index (κ2) is 7.72. The number of nitrogens with two attached hydrogens (primary N) is 1. The maximum Gasteiger partial charge on any atom is 0.341 e. The van der Waals surface area contributed by atoms with Crippen molar-refractivity contribution in [2.45, 2.75) is 46.1 Å².